The third kappa shape index (κ3) is 4.98. The van der Waals surface area contributed by atoms with Crippen molar-refractivity contribution in [2.24, 2.45) is 0 Å². The van der Waals surface area contributed by atoms with E-state index in [4.69, 9.17) is 18.9 Å². The minimum atomic E-state index is 0.124. The number of aromatic nitrogens is 2. The lowest BCUT2D eigenvalue weighted by molar-refractivity contribution is 0.0502. The molecular weight excluding hydrogens is 500 g/mol. The lowest BCUT2D eigenvalue weighted by Gasteiger charge is -2.20. The molecule has 6 aromatic rings. The molecule has 6 rings (SSSR count). The molecule has 6 heteroatoms. The lowest BCUT2D eigenvalue weighted by Crippen LogP contribution is -2.04. The number of fused-ring (bicyclic) bond motifs is 2. The summed E-state index contributed by atoms with van der Waals surface area (Å²) in [5.41, 5.74) is 6.31. The molecule has 0 bridgehead atoms. The first-order valence-electron chi connectivity index (χ1n) is 12.9. The Morgan fingerprint density at radius 3 is 1.30 bits per heavy atom. The number of hydrogen-bond donors (Lipinski definition) is 0. The van der Waals surface area contributed by atoms with Crippen LogP contribution >= 0.6 is 0 Å². The van der Waals surface area contributed by atoms with Gasteiger partial charge in [-0.15, -0.1) is 0 Å². The molecule has 0 atom stereocenters. The summed E-state index contributed by atoms with van der Waals surface area (Å²) in [6.45, 7) is 0.248. The summed E-state index contributed by atoms with van der Waals surface area (Å²) in [6, 6.07) is 29.1. The third-order valence-electron chi connectivity index (χ3n) is 6.91. The summed E-state index contributed by atoms with van der Waals surface area (Å²) in [7, 11) is 3.24. The minimum Gasteiger partial charge on any atom is -0.467 e. The molecule has 0 aliphatic carbocycles. The summed E-state index contributed by atoms with van der Waals surface area (Å²) < 4.78 is 22.9. The van der Waals surface area contributed by atoms with Gasteiger partial charge in [0.2, 0.25) is 0 Å². The van der Waals surface area contributed by atoms with Crippen LogP contribution in [0.25, 0.3) is 54.9 Å². The second-order valence-electron chi connectivity index (χ2n) is 9.32. The van der Waals surface area contributed by atoms with Crippen LogP contribution in [0, 0.1) is 0 Å². The van der Waals surface area contributed by atoms with Crippen LogP contribution in [0.15, 0.2) is 110 Å². The Bertz CT molecular complexity index is 1640. The van der Waals surface area contributed by atoms with E-state index in [1.165, 1.54) is 0 Å². The van der Waals surface area contributed by atoms with Crippen LogP contribution < -0.4 is 9.47 Å². The average molecular weight is 529 g/mol. The van der Waals surface area contributed by atoms with E-state index in [1.54, 1.807) is 14.2 Å². The van der Waals surface area contributed by atoms with Crippen LogP contribution in [0.5, 0.6) is 11.5 Å². The topological polar surface area (TPSA) is 62.7 Å². The fraction of sp³-hybridized carbons (Fsp3) is 0.118. The van der Waals surface area contributed by atoms with Crippen molar-refractivity contribution in [3.05, 3.63) is 110 Å². The van der Waals surface area contributed by atoms with Crippen molar-refractivity contribution >= 4 is 21.5 Å². The van der Waals surface area contributed by atoms with E-state index >= 15 is 0 Å². The molecule has 0 saturated carbocycles. The Morgan fingerprint density at radius 2 is 0.900 bits per heavy atom. The van der Waals surface area contributed by atoms with Gasteiger partial charge in [-0.1, -0.05) is 36.4 Å². The summed E-state index contributed by atoms with van der Waals surface area (Å²) in [5.74, 6) is 1.41. The molecule has 0 aliphatic heterocycles. The SMILES string of the molecule is COCOc1ccc2cc(-c3ccncc3)ccc2c1-c1c(OCOC)ccc2cc(-c3ccncc3)ccc12. The van der Waals surface area contributed by atoms with Crippen LogP contribution in [0.1, 0.15) is 0 Å². The monoisotopic (exact) mass is 528 g/mol. The molecule has 0 unspecified atom stereocenters. The summed E-state index contributed by atoms with van der Waals surface area (Å²) in [5, 5.41) is 4.24. The maximum absolute atomic E-state index is 6.14. The quantitative estimate of drug-likeness (QED) is 0.179. The number of benzene rings is 4. The highest BCUT2D eigenvalue weighted by molar-refractivity contribution is 6.11. The standard InChI is InChI=1S/C34H28N2O4/c1-37-21-39-31-9-5-27-19-25(23-11-15-35-16-12-23)3-7-29(27)33(31)34-30-8-4-26(24-13-17-36-18-14-24)20-28(30)6-10-32(34)40-22-38-2/h3-20H,21-22H2,1-2H3. The van der Waals surface area contributed by atoms with Gasteiger partial charge in [-0.2, -0.15) is 0 Å². The van der Waals surface area contributed by atoms with Crippen molar-refractivity contribution in [3.63, 3.8) is 0 Å². The number of ether oxygens (including phenoxy) is 4. The molecule has 0 aliphatic rings. The number of nitrogens with zero attached hydrogens (tertiary/aromatic N) is 2. The molecule has 0 N–H and O–H groups in total. The van der Waals surface area contributed by atoms with Crippen molar-refractivity contribution in [1.82, 2.24) is 9.97 Å². The average Bonchev–Trinajstić information content (AvgIpc) is 3.02. The van der Waals surface area contributed by atoms with Gasteiger partial charge in [0, 0.05) is 50.1 Å². The maximum Gasteiger partial charge on any atom is 0.188 e. The van der Waals surface area contributed by atoms with Gasteiger partial charge in [-0.25, -0.2) is 0 Å². The van der Waals surface area contributed by atoms with Gasteiger partial charge in [0.25, 0.3) is 0 Å². The van der Waals surface area contributed by atoms with Crippen molar-refractivity contribution < 1.29 is 18.9 Å². The highest BCUT2D eigenvalue weighted by Crippen LogP contribution is 2.46. The molecule has 4 aromatic carbocycles. The van der Waals surface area contributed by atoms with Crippen molar-refractivity contribution in [3.8, 4) is 44.9 Å². The van der Waals surface area contributed by atoms with E-state index in [0.29, 0.717) is 11.5 Å². The minimum absolute atomic E-state index is 0.124. The second kappa shape index (κ2) is 11.5. The Kier molecular flexibility index (Phi) is 7.35. The molecule has 40 heavy (non-hydrogen) atoms. The molecular formula is C34H28N2O4. The maximum atomic E-state index is 6.14. The molecule has 0 radical (unpaired) electrons. The van der Waals surface area contributed by atoms with E-state index in [0.717, 1.165) is 54.9 Å². The zero-order valence-corrected chi connectivity index (χ0v) is 22.3. The van der Waals surface area contributed by atoms with Gasteiger partial charge in [0.05, 0.1) is 0 Å². The second-order valence-corrected chi connectivity index (χ2v) is 9.32. The Balaban J connectivity index is 1.61. The van der Waals surface area contributed by atoms with Gasteiger partial charge >= 0.3 is 0 Å². The molecule has 198 valence electrons. The lowest BCUT2D eigenvalue weighted by atomic mass is 9.90. The van der Waals surface area contributed by atoms with Gasteiger partial charge in [-0.3, -0.25) is 9.97 Å². The molecule has 0 fully saturated rings. The van der Waals surface area contributed by atoms with E-state index < -0.39 is 0 Å². The van der Waals surface area contributed by atoms with Gasteiger partial charge < -0.3 is 18.9 Å². The first-order chi connectivity index (χ1) is 19.8. The number of rotatable bonds is 9. The zero-order valence-electron chi connectivity index (χ0n) is 22.3. The first kappa shape index (κ1) is 25.5. The van der Waals surface area contributed by atoms with Crippen LogP contribution in [0.4, 0.5) is 0 Å². The van der Waals surface area contributed by atoms with E-state index in [-0.39, 0.29) is 13.6 Å². The first-order valence-corrected chi connectivity index (χ1v) is 12.9. The number of methoxy groups -OCH3 is 2. The third-order valence-corrected chi connectivity index (χ3v) is 6.91. The molecule has 2 heterocycles. The Morgan fingerprint density at radius 1 is 0.475 bits per heavy atom. The van der Waals surface area contributed by atoms with Crippen molar-refractivity contribution in [2.75, 3.05) is 27.8 Å². The summed E-state index contributed by atoms with van der Waals surface area (Å²) in [4.78, 5) is 8.32. The molecule has 2 aromatic heterocycles. The van der Waals surface area contributed by atoms with E-state index in [2.05, 4.69) is 58.5 Å². The molecule has 0 amide bonds. The highest BCUT2D eigenvalue weighted by Gasteiger charge is 2.20. The van der Waals surface area contributed by atoms with Crippen LogP contribution in [-0.2, 0) is 9.47 Å². The normalized spacial score (nSPS) is 11.2. The predicted molar refractivity (Wildman–Crippen MR) is 158 cm³/mol. The van der Waals surface area contributed by atoms with E-state index in [9.17, 15) is 0 Å². The van der Waals surface area contributed by atoms with Crippen molar-refractivity contribution in [2.45, 2.75) is 0 Å². The fourth-order valence-corrected chi connectivity index (χ4v) is 5.07. The highest BCUT2D eigenvalue weighted by atomic mass is 16.7. The Labute approximate surface area is 232 Å². The van der Waals surface area contributed by atoms with E-state index in [1.807, 2.05) is 61.2 Å². The zero-order chi connectivity index (χ0) is 27.3. The van der Waals surface area contributed by atoms with Crippen LogP contribution in [-0.4, -0.2) is 37.8 Å². The summed E-state index contributed by atoms with van der Waals surface area (Å²) >= 11 is 0. The van der Waals surface area contributed by atoms with Gasteiger partial charge in [0.15, 0.2) is 13.6 Å². The molecule has 0 spiro atoms. The van der Waals surface area contributed by atoms with Gasteiger partial charge in [-0.05, 0) is 92.3 Å². The van der Waals surface area contributed by atoms with Crippen molar-refractivity contribution in [1.29, 1.82) is 0 Å². The molecule has 6 nitrogen and oxygen atoms in total. The van der Waals surface area contributed by atoms with Gasteiger partial charge in [0.1, 0.15) is 11.5 Å². The Hall–Kier alpha value is -4.78. The number of hydrogen-bond acceptors (Lipinski definition) is 6. The number of pyridine rings is 2. The van der Waals surface area contributed by atoms with Crippen LogP contribution in [0.2, 0.25) is 0 Å². The smallest absolute Gasteiger partial charge is 0.188 e. The summed E-state index contributed by atoms with van der Waals surface area (Å²) in [6.07, 6.45) is 7.23. The molecule has 0 saturated heterocycles. The largest absolute Gasteiger partial charge is 0.467 e. The predicted octanol–water partition coefficient (Wildman–Crippen LogP) is 7.75. The fourth-order valence-electron chi connectivity index (χ4n) is 5.07. The van der Waals surface area contributed by atoms with Crippen LogP contribution in [0.3, 0.4) is 0 Å².